The van der Waals surface area contributed by atoms with Gasteiger partial charge in [0.2, 0.25) is 0 Å². The van der Waals surface area contributed by atoms with Gasteiger partial charge in [-0.3, -0.25) is 4.79 Å². The number of aryl methyl sites for hydroxylation is 1. The van der Waals surface area contributed by atoms with E-state index in [1.807, 2.05) is 6.07 Å². The molecule has 1 heteroatoms. The maximum atomic E-state index is 11.1. The number of rotatable bonds is 3. The highest BCUT2D eigenvalue weighted by Crippen LogP contribution is 2.26. The van der Waals surface area contributed by atoms with Crippen molar-refractivity contribution in [3.8, 4) is 0 Å². The molecule has 0 saturated heterocycles. The lowest BCUT2D eigenvalue weighted by atomic mass is 9.80. The Labute approximate surface area is 78.8 Å². The summed E-state index contributed by atoms with van der Waals surface area (Å²) in [6, 6.07) is 10.4. The first kappa shape index (κ1) is 8.49. The van der Waals surface area contributed by atoms with Crippen molar-refractivity contribution >= 4 is 5.78 Å². The second-order valence-corrected chi connectivity index (χ2v) is 3.73. The summed E-state index contributed by atoms with van der Waals surface area (Å²) in [6.45, 7) is 0. The van der Waals surface area contributed by atoms with Crippen molar-refractivity contribution in [1.29, 1.82) is 0 Å². The minimum absolute atomic E-state index is 0.375. The third kappa shape index (κ3) is 1.97. The van der Waals surface area contributed by atoms with Crippen molar-refractivity contribution in [3.63, 3.8) is 0 Å². The maximum absolute atomic E-state index is 11.1. The molecule has 68 valence electrons. The van der Waals surface area contributed by atoms with E-state index in [1.54, 1.807) is 0 Å². The fraction of sp³-hybridized carbons (Fsp3) is 0.417. The van der Waals surface area contributed by atoms with Crippen molar-refractivity contribution in [2.75, 3.05) is 0 Å². The normalized spacial score (nSPS) is 21.2. The van der Waals surface area contributed by atoms with E-state index in [-0.39, 0.29) is 0 Å². The summed E-state index contributed by atoms with van der Waals surface area (Å²) in [5, 5.41) is 0. The summed E-state index contributed by atoms with van der Waals surface area (Å²) < 4.78 is 0. The minimum Gasteiger partial charge on any atom is -0.299 e. The van der Waals surface area contributed by atoms with E-state index in [4.69, 9.17) is 0 Å². The molecule has 0 heterocycles. The molecule has 13 heavy (non-hydrogen) atoms. The average molecular weight is 174 g/mol. The SMILES string of the molecule is O=C1CCC1CCc1ccccc1. The fourth-order valence-electron chi connectivity index (χ4n) is 1.76. The lowest BCUT2D eigenvalue weighted by Crippen LogP contribution is -2.25. The zero-order chi connectivity index (χ0) is 9.10. The van der Waals surface area contributed by atoms with Crippen LogP contribution in [0.5, 0.6) is 0 Å². The Morgan fingerprint density at radius 1 is 1.23 bits per heavy atom. The van der Waals surface area contributed by atoms with Crippen molar-refractivity contribution in [2.24, 2.45) is 5.92 Å². The van der Waals surface area contributed by atoms with Gasteiger partial charge in [0.25, 0.3) is 0 Å². The number of carbonyl (C=O) groups is 1. The van der Waals surface area contributed by atoms with Gasteiger partial charge in [-0.25, -0.2) is 0 Å². The van der Waals surface area contributed by atoms with Gasteiger partial charge >= 0.3 is 0 Å². The molecule has 0 N–H and O–H groups in total. The Kier molecular flexibility index (Phi) is 2.44. The molecule has 1 aliphatic carbocycles. The Balaban J connectivity index is 1.83. The molecule has 0 bridgehead atoms. The Hall–Kier alpha value is -1.11. The van der Waals surface area contributed by atoms with Crippen LogP contribution >= 0.6 is 0 Å². The van der Waals surface area contributed by atoms with E-state index in [9.17, 15) is 4.79 Å². The summed E-state index contributed by atoms with van der Waals surface area (Å²) in [5.41, 5.74) is 1.35. The van der Waals surface area contributed by atoms with Crippen molar-refractivity contribution in [1.82, 2.24) is 0 Å². The smallest absolute Gasteiger partial charge is 0.136 e. The molecule has 1 fully saturated rings. The van der Waals surface area contributed by atoms with Gasteiger partial charge in [0.1, 0.15) is 5.78 Å². The van der Waals surface area contributed by atoms with Gasteiger partial charge in [0.05, 0.1) is 0 Å². The van der Waals surface area contributed by atoms with Crippen LogP contribution in [0.3, 0.4) is 0 Å². The van der Waals surface area contributed by atoms with E-state index >= 15 is 0 Å². The molecule has 1 atom stereocenters. The molecule has 0 aliphatic heterocycles. The predicted octanol–water partition coefficient (Wildman–Crippen LogP) is 2.60. The molecule has 0 amide bonds. The molecular weight excluding hydrogens is 160 g/mol. The third-order valence-electron chi connectivity index (χ3n) is 2.82. The van der Waals surface area contributed by atoms with Gasteiger partial charge in [-0.2, -0.15) is 0 Å². The van der Waals surface area contributed by atoms with Gasteiger partial charge in [0.15, 0.2) is 0 Å². The Morgan fingerprint density at radius 2 is 2.00 bits per heavy atom. The number of hydrogen-bond donors (Lipinski definition) is 0. The number of benzene rings is 1. The van der Waals surface area contributed by atoms with Crippen LogP contribution in [0.1, 0.15) is 24.8 Å². The Bertz CT molecular complexity index is 289. The lowest BCUT2D eigenvalue weighted by molar-refractivity contribution is -0.129. The number of ketones is 1. The summed E-state index contributed by atoms with van der Waals surface area (Å²) >= 11 is 0. The topological polar surface area (TPSA) is 17.1 Å². The quantitative estimate of drug-likeness (QED) is 0.688. The molecule has 2 rings (SSSR count). The van der Waals surface area contributed by atoms with E-state index in [2.05, 4.69) is 24.3 Å². The molecule has 1 nitrogen and oxygen atoms in total. The zero-order valence-electron chi connectivity index (χ0n) is 7.70. The van der Waals surface area contributed by atoms with E-state index in [1.165, 1.54) is 5.56 Å². The predicted molar refractivity (Wildman–Crippen MR) is 52.5 cm³/mol. The third-order valence-corrected chi connectivity index (χ3v) is 2.82. The highest BCUT2D eigenvalue weighted by atomic mass is 16.1. The van der Waals surface area contributed by atoms with Crippen LogP contribution < -0.4 is 0 Å². The minimum atomic E-state index is 0.375. The first-order valence-electron chi connectivity index (χ1n) is 4.93. The molecule has 1 aromatic carbocycles. The zero-order valence-corrected chi connectivity index (χ0v) is 7.70. The average Bonchev–Trinajstić information content (AvgIpc) is 2.17. The summed E-state index contributed by atoms with van der Waals surface area (Å²) in [5.74, 6) is 0.844. The number of carbonyl (C=O) groups excluding carboxylic acids is 1. The van der Waals surface area contributed by atoms with Gasteiger partial charge in [0, 0.05) is 12.3 Å². The largest absolute Gasteiger partial charge is 0.299 e. The Morgan fingerprint density at radius 3 is 2.54 bits per heavy atom. The molecule has 1 unspecified atom stereocenters. The number of hydrogen-bond acceptors (Lipinski definition) is 1. The monoisotopic (exact) mass is 174 g/mol. The molecule has 0 spiro atoms. The highest BCUT2D eigenvalue weighted by molar-refractivity contribution is 5.86. The summed E-state index contributed by atoms with van der Waals surface area (Å²) in [6.07, 6.45) is 4.03. The van der Waals surface area contributed by atoms with E-state index in [0.29, 0.717) is 11.7 Å². The molecule has 1 aromatic rings. The molecule has 1 saturated carbocycles. The van der Waals surface area contributed by atoms with Crippen LogP contribution in [-0.2, 0) is 11.2 Å². The first-order valence-corrected chi connectivity index (χ1v) is 4.93. The van der Waals surface area contributed by atoms with Gasteiger partial charge in [-0.1, -0.05) is 30.3 Å². The van der Waals surface area contributed by atoms with E-state index < -0.39 is 0 Å². The van der Waals surface area contributed by atoms with Crippen molar-refractivity contribution < 1.29 is 4.79 Å². The van der Waals surface area contributed by atoms with E-state index in [0.717, 1.165) is 25.7 Å². The van der Waals surface area contributed by atoms with Gasteiger partial charge in [-0.05, 0) is 24.8 Å². The van der Waals surface area contributed by atoms with Crippen LogP contribution in [0, 0.1) is 5.92 Å². The fourth-order valence-corrected chi connectivity index (χ4v) is 1.76. The summed E-state index contributed by atoms with van der Waals surface area (Å²) in [4.78, 5) is 11.1. The van der Waals surface area contributed by atoms with Gasteiger partial charge < -0.3 is 0 Å². The molecular formula is C12H14O. The van der Waals surface area contributed by atoms with Gasteiger partial charge in [-0.15, -0.1) is 0 Å². The maximum Gasteiger partial charge on any atom is 0.136 e. The summed E-state index contributed by atoms with van der Waals surface area (Å²) in [7, 11) is 0. The molecule has 1 aliphatic rings. The highest BCUT2D eigenvalue weighted by Gasteiger charge is 2.26. The molecule has 0 radical (unpaired) electrons. The van der Waals surface area contributed by atoms with Crippen molar-refractivity contribution in [2.45, 2.75) is 25.7 Å². The lowest BCUT2D eigenvalue weighted by Gasteiger charge is -2.23. The van der Waals surface area contributed by atoms with Crippen molar-refractivity contribution in [3.05, 3.63) is 35.9 Å². The van der Waals surface area contributed by atoms with Crippen LogP contribution in [0.2, 0.25) is 0 Å². The van der Waals surface area contributed by atoms with Crippen LogP contribution in [0.4, 0.5) is 0 Å². The number of Topliss-reactive ketones (excluding diaryl/α,β-unsaturated/α-hetero) is 1. The standard InChI is InChI=1S/C12H14O/c13-12-9-8-11(12)7-6-10-4-2-1-3-5-10/h1-5,11H,6-9H2. The second kappa shape index (κ2) is 3.73. The first-order chi connectivity index (χ1) is 6.36. The van der Waals surface area contributed by atoms with Crippen LogP contribution in [0.15, 0.2) is 30.3 Å². The van der Waals surface area contributed by atoms with Crippen LogP contribution in [-0.4, -0.2) is 5.78 Å². The van der Waals surface area contributed by atoms with Crippen LogP contribution in [0.25, 0.3) is 0 Å². The molecule has 0 aromatic heterocycles. The second-order valence-electron chi connectivity index (χ2n) is 3.73.